The van der Waals surface area contributed by atoms with Gasteiger partial charge in [-0.1, -0.05) is 24.3 Å². The summed E-state index contributed by atoms with van der Waals surface area (Å²) in [5, 5.41) is 3.58. The van der Waals surface area contributed by atoms with Gasteiger partial charge in [0.25, 0.3) is 0 Å². The van der Waals surface area contributed by atoms with Crippen molar-refractivity contribution in [1.29, 1.82) is 0 Å². The fraction of sp³-hybridized carbons (Fsp3) is 0.444. The molecule has 3 rings (SSSR count). The molecule has 0 spiro atoms. The molecule has 1 unspecified atom stereocenters. The van der Waals surface area contributed by atoms with Gasteiger partial charge in [0.1, 0.15) is 5.76 Å². The van der Waals surface area contributed by atoms with Gasteiger partial charge in [0.05, 0.1) is 6.26 Å². The van der Waals surface area contributed by atoms with E-state index in [1.165, 1.54) is 24.0 Å². The first kappa shape index (κ1) is 13.4. The second-order valence-electron chi connectivity index (χ2n) is 5.92. The minimum atomic E-state index is 0.503. The summed E-state index contributed by atoms with van der Waals surface area (Å²) >= 11 is 0. The Labute approximate surface area is 121 Å². The van der Waals surface area contributed by atoms with E-state index < -0.39 is 0 Å². The Morgan fingerprint density at radius 3 is 2.65 bits per heavy atom. The number of hydrogen-bond acceptors (Lipinski definition) is 2. The number of aryl methyl sites for hydroxylation is 1. The quantitative estimate of drug-likeness (QED) is 0.812. The van der Waals surface area contributed by atoms with Crippen molar-refractivity contribution in [2.24, 2.45) is 0 Å². The summed E-state index contributed by atoms with van der Waals surface area (Å²) in [7, 11) is 0. The van der Waals surface area contributed by atoms with Gasteiger partial charge in [0.15, 0.2) is 0 Å². The Morgan fingerprint density at radius 1 is 1.20 bits per heavy atom. The van der Waals surface area contributed by atoms with Crippen LogP contribution in [0.5, 0.6) is 0 Å². The third-order valence-corrected chi connectivity index (χ3v) is 4.09. The Hall–Kier alpha value is -1.54. The molecule has 106 valence electrons. The molecule has 0 amide bonds. The molecule has 1 saturated carbocycles. The normalized spacial score (nSPS) is 16.2. The molecule has 0 aliphatic heterocycles. The molecule has 1 aromatic carbocycles. The van der Waals surface area contributed by atoms with Crippen molar-refractivity contribution >= 4 is 0 Å². The summed E-state index contributed by atoms with van der Waals surface area (Å²) < 4.78 is 5.36. The van der Waals surface area contributed by atoms with Crippen LogP contribution in [-0.4, -0.2) is 6.04 Å². The van der Waals surface area contributed by atoms with E-state index in [-0.39, 0.29) is 0 Å². The third kappa shape index (κ3) is 3.73. The zero-order valence-corrected chi connectivity index (χ0v) is 12.1. The van der Waals surface area contributed by atoms with Crippen molar-refractivity contribution in [2.45, 2.75) is 51.1 Å². The van der Waals surface area contributed by atoms with Crippen molar-refractivity contribution in [2.75, 3.05) is 0 Å². The zero-order chi connectivity index (χ0) is 13.8. The molecule has 1 aliphatic rings. The Bertz CT molecular complexity index is 511. The molecule has 1 aromatic heterocycles. The Morgan fingerprint density at radius 2 is 2.00 bits per heavy atom. The van der Waals surface area contributed by atoms with Crippen LogP contribution >= 0.6 is 0 Å². The number of rotatable bonds is 7. The van der Waals surface area contributed by atoms with Gasteiger partial charge in [-0.05, 0) is 55.4 Å². The van der Waals surface area contributed by atoms with E-state index in [1.807, 2.05) is 12.1 Å². The maximum absolute atomic E-state index is 5.36. The number of hydrogen-bond donors (Lipinski definition) is 1. The zero-order valence-electron chi connectivity index (χ0n) is 12.1. The van der Waals surface area contributed by atoms with Crippen LogP contribution in [-0.2, 0) is 13.0 Å². The van der Waals surface area contributed by atoms with E-state index >= 15 is 0 Å². The van der Waals surface area contributed by atoms with Gasteiger partial charge in [-0.15, -0.1) is 0 Å². The average Bonchev–Trinajstić information content (AvgIpc) is 3.20. The van der Waals surface area contributed by atoms with Gasteiger partial charge in [-0.3, -0.25) is 0 Å². The first-order valence-electron chi connectivity index (χ1n) is 7.66. The molecule has 1 N–H and O–H groups in total. The van der Waals surface area contributed by atoms with Gasteiger partial charge in [0, 0.05) is 19.0 Å². The van der Waals surface area contributed by atoms with Crippen molar-refractivity contribution in [1.82, 2.24) is 5.32 Å². The maximum atomic E-state index is 5.36. The van der Waals surface area contributed by atoms with Crippen LogP contribution in [0.3, 0.4) is 0 Å². The molecule has 1 atom stereocenters. The first-order chi connectivity index (χ1) is 9.81. The van der Waals surface area contributed by atoms with Crippen LogP contribution in [0.25, 0.3) is 0 Å². The molecule has 1 fully saturated rings. The number of nitrogens with one attached hydrogen (secondary N) is 1. The van der Waals surface area contributed by atoms with Crippen molar-refractivity contribution in [3.8, 4) is 0 Å². The highest BCUT2D eigenvalue weighted by molar-refractivity contribution is 5.27. The SMILES string of the molecule is CC(CCc1ccco1)NCc1ccc(C2CC2)cc1. The van der Waals surface area contributed by atoms with Crippen LogP contribution in [0.2, 0.25) is 0 Å². The van der Waals surface area contributed by atoms with Crippen LogP contribution in [0.1, 0.15) is 49.0 Å². The highest BCUT2D eigenvalue weighted by Gasteiger charge is 2.22. The minimum absolute atomic E-state index is 0.503. The maximum Gasteiger partial charge on any atom is 0.103 e. The number of benzene rings is 1. The van der Waals surface area contributed by atoms with E-state index in [9.17, 15) is 0 Å². The lowest BCUT2D eigenvalue weighted by Gasteiger charge is -2.13. The lowest BCUT2D eigenvalue weighted by atomic mass is 10.1. The second kappa shape index (κ2) is 6.27. The fourth-order valence-electron chi connectivity index (χ4n) is 2.53. The van der Waals surface area contributed by atoms with E-state index in [0.29, 0.717) is 6.04 Å². The molecule has 20 heavy (non-hydrogen) atoms. The molecule has 2 heteroatoms. The Kier molecular flexibility index (Phi) is 4.22. The summed E-state index contributed by atoms with van der Waals surface area (Å²) in [6, 6.07) is 13.6. The molecule has 2 nitrogen and oxygen atoms in total. The predicted molar refractivity (Wildman–Crippen MR) is 81.7 cm³/mol. The summed E-state index contributed by atoms with van der Waals surface area (Å²) in [5.41, 5.74) is 2.89. The largest absolute Gasteiger partial charge is 0.469 e. The van der Waals surface area contributed by atoms with Crippen molar-refractivity contribution < 1.29 is 4.42 Å². The molecular formula is C18H23NO. The van der Waals surface area contributed by atoms with Gasteiger partial charge < -0.3 is 9.73 Å². The summed E-state index contributed by atoms with van der Waals surface area (Å²) in [4.78, 5) is 0. The summed E-state index contributed by atoms with van der Waals surface area (Å²) in [5.74, 6) is 1.93. The van der Waals surface area contributed by atoms with E-state index in [1.54, 1.807) is 6.26 Å². The topological polar surface area (TPSA) is 25.2 Å². The highest BCUT2D eigenvalue weighted by Crippen LogP contribution is 2.39. The standard InChI is InChI=1S/C18H23NO/c1-14(4-11-18-3-2-12-20-18)19-13-15-5-7-16(8-6-15)17-9-10-17/h2-3,5-8,12,14,17,19H,4,9-11,13H2,1H3. The number of furan rings is 1. The smallest absolute Gasteiger partial charge is 0.103 e. The molecule has 0 bridgehead atoms. The molecule has 1 heterocycles. The molecule has 2 aromatic rings. The lowest BCUT2D eigenvalue weighted by Crippen LogP contribution is -2.25. The summed E-state index contributed by atoms with van der Waals surface area (Å²) in [6.45, 7) is 3.19. The lowest BCUT2D eigenvalue weighted by molar-refractivity contribution is 0.460. The molecule has 0 radical (unpaired) electrons. The van der Waals surface area contributed by atoms with Crippen LogP contribution in [0, 0.1) is 0 Å². The highest BCUT2D eigenvalue weighted by atomic mass is 16.3. The molecule has 0 saturated heterocycles. The second-order valence-corrected chi connectivity index (χ2v) is 5.92. The average molecular weight is 269 g/mol. The first-order valence-corrected chi connectivity index (χ1v) is 7.66. The van der Waals surface area contributed by atoms with Crippen LogP contribution < -0.4 is 5.32 Å². The van der Waals surface area contributed by atoms with Crippen molar-refractivity contribution in [3.63, 3.8) is 0 Å². The van der Waals surface area contributed by atoms with E-state index in [0.717, 1.165) is 31.1 Å². The molecular weight excluding hydrogens is 246 g/mol. The van der Waals surface area contributed by atoms with Gasteiger partial charge >= 0.3 is 0 Å². The van der Waals surface area contributed by atoms with Gasteiger partial charge in [-0.25, -0.2) is 0 Å². The van der Waals surface area contributed by atoms with E-state index in [4.69, 9.17) is 4.42 Å². The van der Waals surface area contributed by atoms with Gasteiger partial charge in [0.2, 0.25) is 0 Å². The van der Waals surface area contributed by atoms with Crippen LogP contribution in [0.4, 0.5) is 0 Å². The monoisotopic (exact) mass is 269 g/mol. The summed E-state index contributed by atoms with van der Waals surface area (Å²) in [6.07, 6.45) is 6.60. The fourth-order valence-corrected chi connectivity index (χ4v) is 2.53. The van der Waals surface area contributed by atoms with Gasteiger partial charge in [-0.2, -0.15) is 0 Å². The minimum Gasteiger partial charge on any atom is -0.469 e. The molecule has 1 aliphatic carbocycles. The Balaban J connectivity index is 1.41. The van der Waals surface area contributed by atoms with Crippen molar-refractivity contribution in [3.05, 3.63) is 59.5 Å². The predicted octanol–water partition coefficient (Wildman–Crippen LogP) is 4.27. The third-order valence-electron chi connectivity index (χ3n) is 4.09. The van der Waals surface area contributed by atoms with E-state index in [2.05, 4.69) is 36.5 Å². The van der Waals surface area contributed by atoms with Crippen LogP contribution in [0.15, 0.2) is 47.1 Å².